The fourth-order valence-electron chi connectivity index (χ4n) is 1.55. The van der Waals surface area contributed by atoms with E-state index in [0.717, 1.165) is 10.0 Å². The van der Waals surface area contributed by atoms with Crippen molar-refractivity contribution in [1.29, 1.82) is 5.26 Å². The third kappa shape index (κ3) is 2.51. The van der Waals surface area contributed by atoms with Crippen LogP contribution in [0.2, 0.25) is 0 Å². The quantitative estimate of drug-likeness (QED) is 0.791. The Bertz CT molecular complexity index is 446. The fourth-order valence-corrected chi connectivity index (χ4v) is 1.92. The van der Waals surface area contributed by atoms with E-state index in [0.29, 0.717) is 5.56 Å². The zero-order valence-corrected chi connectivity index (χ0v) is 11.2. The van der Waals surface area contributed by atoms with Gasteiger partial charge in [0.15, 0.2) is 5.78 Å². The predicted molar refractivity (Wildman–Crippen MR) is 67.2 cm³/mol. The lowest BCUT2D eigenvalue weighted by atomic mass is 9.88. The van der Waals surface area contributed by atoms with E-state index >= 15 is 0 Å². The smallest absolute Gasteiger partial charge is 0.180 e. The van der Waals surface area contributed by atoms with Crippen molar-refractivity contribution >= 4 is 21.7 Å². The van der Waals surface area contributed by atoms with Crippen molar-refractivity contribution in [1.82, 2.24) is 0 Å². The molecule has 0 spiro atoms. The molecule has 0 amide bonds. The average Bonchev–Trinajstić information content (AvgIpc) is 2.22. The van der Waals surface area contributed by atoms with E-state index in [1.54, 1.807) is 6.07 Å². The van der Waals surface area contributed by atoms with E-state index in [-0.39, 0.29) is 11.7 Å². The number of rotatable bonds is 3. The monoisotopic (exact) mass is 279 g/mol. The van der Waals surface area contributed by atoms with Crippen LogP contribution in [0, 0.1) is 30.1 Å². The highest BCUT2D eigenvalue weighted by molar-refractivity contribution is 9.10. The molecule has 0 saturated heterocycles. The maximum atomic E-state index is 12.1. The molecule has 0 heterocycles. The highest BCUT2D eigenvalue weighted by Gasteiger charge is 2.24. The molecule has 84 valence electrons. The van der Waals surface area contributed by atoms with Gasteiger partial charge in [-0.3, -0.25) is 4.79 Å². The molecule has 1 aromatic rings. The molecule has 1 atom stereocenters. The van der Waals surface area contributed by atoms with E-state index in [1.165, 1.54) is 0 Å². The standard InChI is InChI=1S/C13H14BrNO/c1-8(2)11(7-15)13(16)10-5-4-6-12(14)9(10)3/h4-6,8,11H,1-3H3. The normalized spacial score (nSPS) is 12.2. The highest BCUT2D eigenvalue weighted by Crippen LogP contribution is 2.24. The lowest BCUT2D eigenvalue weighted by Crippen LogP contribution is -2.19. The van der Waals surface area contributed by atoms with Gasteiger partial charge in [0.1, 0.15) is 5.92 Å². The summed E-state index contributed by atoms with van der Waals surface area (Å²) in [4.78, 5) is 12.1. The van der Waals surface area contributed by atoms with Crippen LogP contribution in [0.4, 0.5) is 0 Å². The topological polar surface area (TPSA) is 40.9 Å². The van der Waals surface area contributed by atoms with Gasteiger partial charge in [0.25, 0.3) is 0 Å². The van der Waals surface area contributed by atoms with Crippen LogP contribution in [0.5, 0.6) is 0 Å². The molecule has 1 rings (SSSR count). The molecule has 1 unspecified atom stereocenters. The van der Waals surface area contributed by atoms with Gasteiger partial charge in [-0.05, 0) is 24.5 Å². The Balaban J connectivity index is 3.15. The Morgan fingerprint density at radius 3 is 2.56 bits per heavy atom. The number of carbonyl (C=O) groups is 1. The lowest BCUT2D eigenvalue weighted by molar-refractivity contribution is 0.0924. The second kappa shape index (κ2) is 5.27. The molecule has 2 nitrogen and oxygen atoms in total. The molecule has 0 saturated carbocycles. The number of carbonyl (C=O) groups excluding carboxylic acids is 1. The number of hydrogen-bond donors (Lipinski definition) is 0. The van der Waals surface area contributed by atoms with Gasteiger partial charge < -0.3 is 0 Å². The van der Waals surface area contributed by atoms with E-state index in [4.69, 9.17) is 5.26 Å². The van der Waals surface area contributed by atoms with Gasteiger partial charge in [0, 0.05) is 10.0 Å². The number of nitrogens with zero attached hydrogens (tertiary/aromatic N) is 1. The van der Waals surface area contributed by atoms with E-state index in [2.05, 4.69) is 22.0 Å². The number of benzene rings is 1. The molecule has 16 heavy (non-hydrogen) atoms. The molecule has 1 aromatic carbocycles. The van der Waals surface area contributed by atoms with Gasteiger partial charge >= 0.3 is 0 Å². The van der Waals surface area contributed by atoms with E-state index < -0.39 is 5.92 Å². The Kier molecular flexibility index (Phi) is 4.26. The summed E-state index contributed by atoms with van der Waals surface area (Å²) in [5, 5.41) is 9.01. The van der Waals surface area contributed by atoms with Crippen LogP contribution in [-0.2, 0) is 0 Å². The van der Waals surface area contributed by atoms with E-state index in [9.17, 15) is 4.79 Å². The molecule has 0 aromatic heterocycles. The van der Waals surface area contributed by atoms with Gasteiger partial charge in [-0.2, -0.15) is 5.26 Å². The third-order valence-electron chi connectivity index (χ3n) is 2.62. The van der Waals surface area contributed by atoms with Gasteiger partial charge in [-0.15, -0.1) is 0 Å². The lowest BCUT2D eigenvalue weighted by Gasteiger charge is -2.13. The van der Waals surface area contributed by atoms with Crippen molar-refractivity contribution in [2.45, 2.75) is 20.8 Å². The minimum absolute atomic E-state index is 0.0379. The van der Waals surface area contributed by atoms with Crippen LogP contribution in [0.1, 0.15) is 29.8 Å². The minimum atomic E-state index is -0.562. The Morgan fingerprint density at radius 1 is 1.44 bits per heavy atom. The minimum Gasteiger partial charge on any atom is -0.293 e. The van der Waals surface area contributed by atoms with Crippen LogP contribution < -0.4 is 0 Å². The van der Waals surface area contributed by atoms with Gasteiger partial charge in [-0.25, -0.2) is 0 Å². The molecule has 0 aliphatic rings. The molecular weight excluding hydrogens is 266 g/mol. The number of ketones is 1. The molecule has 0 fully saturated rings. The van der Waals surface area contributed by atoms with Crippen molar-refractivity contribution in [3.63, 3.8) is 0 Å². The Morgan fingerprint density at radius 2 is 2.06 bits per heavy atom. The highest BCUT2D eigenvalue weighted by atomic mass is 79.9. The summed E-state index contributed by atoms with van der Waals surface area (Å²) in [6.45, 7) is 5.66. The summed E-state index contributed by atoms with van der Waals surface area (Å²) < 4.78 is 0.902. The second-order valence-electron chi connectivity index (χ2n) is 4.13. The van der Waals surface area contributed by atoms with Gasteiger partial charge in [-0.1, -0.05) is 41.9 Å². The zero-order chi connectivity index (χ0) is 12.3. The van der Waals surface area contributed by atoms with Gasteiger partial charge in [0.05, 0.1) is 6.07 Å². The van der Waals surface area contributed by atoms with Crippen LogP contribution in [0.25, 0.3) is 0 Å². The molecule has 0 radical (unpaired) electrons. The van der Waals surface area contributed by atoms with Gasteiger partial charge in [0.2, 0.25) is 0 Å². The first-order valence-electron chi connectivity index (χ1n) is 5.18. The summed E-state index contributed by atoms with van der Waals surface area (Å²) in [6, 6.07) is 7.56. The number of halogens is 1. The largest absolute Gasteiger partial charge is 0.293 e. The van der Waals surface area contributed by atoms with Crippen LogP contribution in [-0.4, -0.2) is 5.78 Å². The SMILES string of the molecule is Cc1c(Br)cccc1C(=O)C(C#N)C(C)C. The van der Waals surface area contributed by atoms with Crippen molar-refractivity contribution in [2.75, 3.05) is 0 Å². The number of nitriles is 1. The van der Waals surface area contributed by atoms with Crippen molar-refractivity contribution in [3.8, 4) is 6.07 Å². The van der Waals surface area contributed by atoms with Crippen molar-refractivity contribution in [2.24, 2.45) is 11.8 Å². The van der Waals surface area contributed by atoms with Crippen molar-refractivity contribution in [3.05, 3.63) is 33.8 Å². The predicted octanol–water partition coefficient (Wildman–Crippen LogP) is 3.74. The molecule has 0 N–H and O–H groups in total. The maximum absolute atomic E-state index is 12.1. The molecule has 0 aliphatic heterocycles. The first-order chi connectivity index (χ1) is 7.49. The summed E-state index contributed by atoms with van der Waals surface area (Å²) in [7, 11) is 0. The summed E-state index contributed by atoms with van der Waals surface area (Å²) >= 11 is 3.39. The zero-order valence-electron chi connectivity index (χ0n) is 9.62. The molecule has 0 bridgehead atoms. The summed E-state index contributed by atoms with van der Waals surface area (Å²) in [5.74, 6) is -0.611. The molecule has 0 aliphatic carbocycles. The second-order valence-corrected chi connectivity index (χ2v) is 4.98. The third-order valence-corrected chi connectivity index (χ3v) is 3.48. The number of Topliss-reactive ketones (excluding diaryl/α,β-unsaturated/α-hetero) is 1. The van der Waals surface area contributed by atoms with Crippen molar-refractivity contribution < 1.29 is 4.79 Å². The van der Waals surface area contributed by atoms with Crippen LogP contribution in [0.3, 0.4) is 0 Å². The maximum Gasteiger partial charge on any atom is 0.180 e. The molecule has 3 heteroatoms. The number of hydrogen-bond acceptors (Lipinski definition) is 2. The Hall–Kier alpha value is -1.14. The van der Waals surface area contributed by atoms with Crippen LogP contribution >= 0.6 is 15.9 Å². The first-order valence-corrected chi connectivity index (χ1v) is 5.97. The Labute approximate surface area is 104 Å². The first kappa shape index (κ1) is 12.9. The summed E-state index contributed by atoms with van der Waals surface area (Å²) in [6.07, 6.45) is 0. The molecular formula is C13H14BrNO. The fraction of sp³-hybridized carbons (Fsp3) is 0.385. The van der Waals surface area contributed by atoms with E-state index in [1.807, 2.05) is 32.9 Å². The average molecular weight is 280 g/mol. The van der Waals surface area contributed by atoms with Crippen LogP contribution in [0.15, 0.2) is 22.7 Å². The summed E-state index contributed by atoms with van der Waals surface area (Å²) in [5.41, 5.74) is 1.53.